The van der Waals surface area contributed by atoms with Crippen LogP contribution in [0, 0.1) is 5.82 Å². The zero-order valence-corrected chi connectivity index (χ0v) is 11.1. The molecule has 0 bridgehead atoms. The predicted molar refractivity (Wildman–Crippen MR) is 73.3 cm³/mol. The average Bonchev–Trinajstić information content (AvgIpc) is 3.00. The van der Waals surface area contributed by atoms with Crippen LogP contribution in [0.15, 0.2) is 24.4 Å². The van der Waals surface area contributed by atoms with Crippen molar-refractivity contribution in [3.8, 4) is 5.13 Å². The number of hydrogen-bond acceptors (Lipinski definition) is 3. The Morgan fingerprint density at radius 1 is 1.21 bits per heavy atom. The molecule has 3 aromatic rings. The van der Waals surface area contributed by atoms with Gasteiger partial charge in [-0.15, -0.1) is 0 Å². The minimum absolute atomic E-state index is 0.217. The van der Waals surface area contributed by atoms with Crippen LogP contribution in [0.25, 0.3) is 15.3 Å². The summed E-state index contributed by atoms with van der Waals surface area (Å²) < 4.78 is 16.0. The topological polar surface area (TPSA) is 30.7 Å². The maximum Gasteiger partial charge on any atom is 0.211 e. The lowest BCUT2D eigenvalue weighted by Gasteiger charge is -2.11. The Balaban J connectivity index is 1.88. The van der Waals surface area contributed by atoms with Gasteiger partial charge in [0, 0.05) is 0 Å². The highest BCUT2D eigenvalue weighted by Gasteiger charge is 2.18. The number of thiazole rings is 1. The molecule has 0 spiro atoms. The molecule has 96 valence electrons. The van der Waals surface area contributed by atoms with E-state index in [1.165, 1.54) is 47.6 Å². The van der Waals surface area contributed by atoms with Crippen molar-refractivity contribution in [3.05, 3.63) is 41.5 Å². The first kappa shape index (κ1) is 11.1. The van der Waals surface area contributed by atoms with Gasteiger partial charge in [-0.05, 0) is 49.4 Å². The van der Waals surface area contributed by atoms with E-state index in [0.29, 0.717) is 0 Å². The van der Waals surface area contributed by atoms with Crippen molar-refractivity contribution in [3.63, 3.8) is 0 Å². The Hall–Kier alpha value is -1.75. The number of hydrogen-bond donors (Lipinski definition) is 0. The molecule has 0 N–H and O–H groups in total. The van der Waals surface area contributed by atoms with Gasteiger partial charge in [0.25, 0.3) is 0 Å². The van der Waals surface area contributed by atoms with Crippen molar-refractivity contribution in [1.29, 1.82) is 0 Å². The van der Waals surface area contributed by atoms with E-state index in [9.17, 15) is 4.39 Å². The van der Waals surface area contributed by atoms with Gasteiger partial charge in [-0.25, -0.2) is 14.1 Å². The zero-order valence-electron chi connectivity index (χ0n) is 10.3. The van der Waals surface area contributed by atoms with Crippen LogP contribution in [0.1, 0.15) is 24.1 Å². The van der Waals surface area contributed by atoms with Crippen LogP contribution in [0.4, 0.5) is 4.39 Å². The molecule has 0 fully saturated rings. The van der Waals surface area contributed by atoms with Crippen LogP contribution in [0.3, 0.4) is 0 Å². The highest BCUT2D eigenvalue weighted by atomic mass is 32.1. The molecule has 2 aromatic heterocycles. The van der Waals surface area contributed by atoms with Crippen molar-refractivity contribution in [2.75, 3.05) is 0 Å². The van der Waals surface area contributed by atoms with Gasteiger partial charge >= 0.3 is 0 Å². The molecule has 4 rings (SSSR count). The van der Waals surface area contributed by atoms with E-state index in [-0.39, 0.29) is 5.82 Å². The van der Waals surface area contributed by atoms with Crippen LogP contribution in [-0.4, -0.2) is 14.8 Å². The highest BCUT2D eigenvalue weighted by molar-refractivity contribution is 7.20. The van der Waals surface area contributed by atoms with Crippen molar-refractivity contribution < 1.29 is 4.39 Å². The molecule has 1 aliphatic carbocycles. The summed E-state index contributed by atoms with van der Waals surface area (Å²) in [5, 5.41) is 5.29. The van der Waals surface area contributed by atoms with Gasteiger partial charge in [0.05, 0.1) is 22.1 Å². The molecule has 0 aliphatic heterocycles. The third-order valence-electron chi connectivity index (χ3n) is 3.59. The molecule has 0 atom stereocenters. The van der Waals surface area contributed by atoms with Gasteiger partial charge in [0.1, 0.15) is 5.82 Å². The van der Waals surface area contributed by atoms with Crippen LogP contribution in [0.2, 0.25) is 0 Å². The first-order chi connectivity index (χ1) is 9.31. The molecule has 3 nitrogen and oxygen atoms in total. The molecule has 0 saturated heterocycles. The van der Waals surface area contributed by atoms with Crippen LogP contribution >= 0.6 is 11.3 Å². The smallest absolute Gasteiger partial charge is 0.211 e. The Morgan fingerprint density at radius 3 is 3.05 bits per heavy atom. The molecular weight excluding hydrogens is 261 g/mol. The van der Waals surface area contributed by atoms with Crippen LogP contribution in [0.5, 0.6) is 0 Å². The molecular formula is C14H12FN3S. The monoisotopic (exact) mass is 273 g/mol. The summed E-state index contributed by atoms with van der Waals surface area (Å²) in [6.07, 6.45) is 6.55. The molecule has 0 unspecified atom stereocenters. The first-order valence-electron chi connectivity index (χ1n) is 6.43. The molecule has 1 aliphatic rings. The predicted octanol–water partition coefficient (Wildman–Crippen LogP) is 3.50. The van der Waals surface area contributed by atoms with E-state index in [1.807, 2.05) is 10.9 Å². The number of benzene rings is 1. The fourth-order valence-electron chi connectivity index (χ4n) is 2.63. The minimum atomic E-state index is -0.217. The Labute approximate surface area is 113 Å². The highest BCUT2D eigenvalue weighted by Crippen LogP contribution is 2.29. The van der Waals surface area contributed by atoms with E-state index in [1.54, 1.807) is 6.07 Å². The van der Waals surface area contributed by atoms with Crippen LogP contribution in [-0.2, 0) is 12.8 Å². The van der Waals surface area contributed by atoms with Crippen LogP contribution < -0.4 is 0 Å². The lowest BCUT2D eigenvalue weighted by molar-refractivity contribution is 0.630. The molecule has 0 radical (unpaired) electrons. The fraction of sp³-hybridized carbons (Fsp3) is 0.286. The second-order valence-corrected chi connectivity index (χ2v) is 5.85. The van der Waals surface area contributed by atoms with Crippen molar-refractivity contribution in [2.45, 2.75) is 25.7 Å². The summed E-state index contributed by atoms with van der Waals surface area (Å²) in [6, 6.07) is 4.71. The molecule has 19 heavy (non-hydrogen) atoms. The number of aromatic nitrogens is 3. The zero-order chi connectivity index (χ0) is 12.8. The lowest BCUT2D eigenvalue weighted by Crippen LogP contribution is -2.07. The maximum absolute atomic E-state index is 13.2. The van der Waals surface area contributed by atoms with Gasteiger partial charge < -0.3 is 0 Å². The molecule has 5 heteroatoms. The summed E-state index contributed by atoms with van der Waals surface area (Å²) in [4.78, 5) is 4.56. The third-order valence-corrected chi connectivity index (χ3v) is 4.58. The van der Waals surface area contributed by atoms with Crippen molar-refractivity contribution in [2.24, 2.45) is 0 Å². The molecule has 2 heterocycles. The third kappa shape index (κ3) is 1.76. The number of nitrogens with zero attached hydrogens (tertiary/aromatic N) is 3. The second-order valence-electron chi connectivity index (χ2n) is 4.84. The van der Waals surface area contributed by atoms with Gasteiger partial charge in [-0.3, -0.25) is 0 Å². The number of halogens is 1. The summed E-state index contributed by atoms with van der Waals surface area (Å²) in [7, 11) is 0. The fourth-order valence-corrected chi connectivity index (χ4v) is 3.61. The summed E-state index contributed by atoms with van der Waals surface area (Å²) in [6.45, 7) is 0. The Kier molecular flexibility index (Phi) is 2.41. The van der Waals surface area contributed by atoms with Gasteiger partial charge in [-0.2, -0.15) is 5.10 Å². The van der Waals surface area contributed by atoms with Gasteiger partial charge in [0.15, 0.2) is 0 Å². The molecule has 0 saturated carbocycles. The van der Waals surface area contributed by atoms with Gasteiger partial charge in [0.2, 0.25) is 5.13 Å². The molecule has 1 aromatic carbocycles. The summed E-state index contributed by atoms with van der Waals surface area (Å²) in [5.74, 6) is -0.217. The van der Waals surface area contributed by atoms with Crippen molar-refractivity contribution in [1.82, 2.24) is 14.8 Å². The van der Waals surface area contributed by atoms with Crippen molar-refractivity contribution >= 4 is 21.6 Å². The van der Waals surface area contributed by atoms with E-state index in [4.69, 9.17) is 0 Å². The second kappa shape index (κ2) is 4.13. The number of fused-ring (bicyclic) bond motifs is 2. The van der Waals surface area contributed by atoms with E-state index in [0.717, 1.165) is 28.2 Å². The average molecular weight is 273 g/mol. The standard InChI is InChI=1S/C14H12FN3S/c15-10-5-6-11-13(7-10)19-14(17-11)18-12-4-2-1-3-9(12)8-16-18/h5-8H,1-4H2. The lowest BCUT2D eigenvalue weighted by atomic mass is 9.98. The largest absolute Gasteiger partial charge is 0.218 e. The molecule has 0 amide bonds. The van der Waals surface area contributed by atoms with E-state index < -0.39 is 0 Å². The normalized spacial score (nSPS) is 14.8. The summed E-state index contributed by atoms with van der Waals surface area (Å²) >= 11 is 1.49. The SMILES string of the molecule is Fc1ccc2nc(-n3ncc4c3CCCC4)sc2c1. The first-order valence-corrected chi connectivity index (χ1v) is 7.25. The Bertz CT molecular complexity index is 759. The Morgan fingerprint density at radius 2 is 2.11 bits per heavy atom. The summed E-state index contributed by atoms with van der Waals surface area (Å²) in [5.41, 5.74) is 3.43. The van der Waals surface area contributed by atoms with E-state index >= 15 is 0 Å². The number of aryl methyl sites for hydroxylation is 1. The maximum atomic E-state index is 13.2. The minimum Gasteiger partial charge on any atom is -0.218 e. The van der Waals surface area contributed by atoms with E-state index in [2.05, 4.69) is 10.1 Å². The number of rotatable bonds is 1. The quantitative estimate of drug-likeness (QED) is 0.679. The van der Waals surface area contributed by atoms with Gasteiger partial charge in [-0.1, -0.05) is 11.3 Å².